The number of hydrogen-bond acceptors (Lipinski definition) is 3. The third kappa shape index (κ3) is 2.30. The summed E-state index contributed by atoms with van der Waals surface area (Å²) in [4.78, 5) is 0. The van der Waals surface area contributed by atoms with Gasteiger partial charge in [-0.05, 0) is 12.1 Å². The number of para-hydroxylation sites is 2. The first-order valence-corrected chi connectivity index (χ1v) is 4.50. The minimum absolute atomic E-state index is 0. The average molecular weight is 216 g/mol. The van der Waals surface area contributed by atoms with Gasteiger partial charge in [-0.3, -0.25) is 0 Å². The lowest BCUT2D eigenvalue weighted by atomic mass is 10.2. The van der Waals surface area contributed by atoms with Crippen LogP contribution in [0, 0.1) is 0 Å². The predicted molar refractivity (Wildman–Crippen MR) is 58.3 cm³/mol. The van der Waals surface area contributed by atoms with Gasteiger partial charge in [-0.25, -0.2) is 0 Å². The zero-order chi connectivity index (χ0) is 9.10. The zero-order valence-electron chi connectivity index (χ0n) is 7.77. The van der Waals surface area contributed by atoms with Crippen molar-refractivity contribution in [1.82, 2.24) is 0 Å². The highest BCUT2D eigenvalue weighted by molar-refractivity contribution is 5.85. The number of hydrogen-bond donors (Lipinski definition) is 2. The Bertz CT molecular complexity index is 293. The lowest BCUT2D eigenvalue weighted by molar-refractivity contribution is 0.158. The molecule has 0 amide bonds. The summed E-state index contributed by atoms with van der Waals surface area (Å²) in [7, 11) is 0. The van der Waals surface area contributed by atoms with E-state index in [0.29, 0.717) is 6.42 Å². The summed E-state index contributed by atoms with van der Waals surface area (Å²) in [6.45, 7) is 0.950. The molecule has 3 nitrogen and oxygen atoms in total. The van der Waals surface area contributed by atoms with E-state index in [2.05, 4.69) is 5.32 Å². The van der Waals surface area contributed by atoms with Gasteiger partial charge in [0.25, 0.3) is 0 Å². The Morgan fingerprint density at radius 3 is 3.00 bits per heavy atom. The maximum Gasteiger partial charge on any atom is 0.142 e. The van der Waals surface area contributed by atoms with Gasteiger partial charge >= 0.3 is 0 Å². The highest BCUT2D eigenvalue weighted by atomic mass is 35.5. The minimum Gasteiger partial charge on any atom is -0.486 e. The largest absolute Gasteiger partial charge is 0.486 e. The Kier molecular flexibility index (Phi) is 4.04. The van der Waals surface area contributed by atoms with Gasteiger partial charge in [0, 0.05) is 13.0 Å². The molecule has 2 rings (SSSR count). The topological polar surface area (TPSA) is 41.5 Å². The van der Waals surface area contributed by atoms with Gasteiger partial charge in [0.15, 0.2) is 0 Å². The van der Waals surface area contributed by atoms with E-state index in [9.17, 15) is 0 Å². The average Bonchev–Trinajstić information content (AvgIpc) is 2.18. The summed E-state index contributed by atoms with van der Waals surface area (Å²) >= 11 is 0. The fourth-order valence-corrected chi connectivity index (χ4v) is 1.47. The van der Waals surface area contributed by atoms with Crippen LogP contribution in [0.2, 0.25) is 0 Å². The van der Waals surface area contributed by atoms with Crippen LogP contribution in [-0.4, -0.2) is 24.4 Å². The van der Waals surface area contributed by atoms with Crippen molar-refractivity contribution in [3.8, 4) is 5.75 Å². The van der Waals surface area contributed by atoms with Gasteiger partial charge in [-0.15, -0.1) is 12.4 Å². The van der Waals surface area contributed by atoms with E-state index < -0.39 is 0 Å². The van der Waals surface area contributed by atoms with Gasteiger partial charge in [-0.1, -0.05) is 12.1 Å². The Balaban J connectivity index is 0.000000980. The molecule has 0 spiro atoms. The number of ether oxygens (including phenoxy) is 1. The molecule has 1 heterocycles. The lowest BCUT2D eigenvalue weighted by Crippen LogP contribution is -2.31. The van der Waals surface area contributed by atoms with Crippen LogP contribution in [-0.2, 0) is 0 Å². The van der Waals surface area contributed by atoms with Crippen LogP contribution >= 0.6 is 12.4 Å². The number of anilines is 1. The second kappa shape index (κ2) is 5.08. The predicted octanol–water partition coefficient (Wildman–Crippen LogP) is 1.66. The highest BCUT2D eigenvalue weighted by Gasteiger charge is 2.17. The maximum absolute atomic E-state index is 8.76. The van der Waals surface area contributed by atoms with Crippen molar-refractivity contribution in [3.63, 3.8) is 0 Å². The molecule has 1 atom stereocenters. The molecular formula is C10H14ClNO2. The highest BCUT2D eigenvalue weighted by Crippen LogP contribution is 2.28. The second-order valence-corrected chi connectivity index (χ2v) is 3.13. The molecule has 1 aliphatic heterocycles. The monoisotopic (exact) mass is 215 g/mol. The first kappa shape index (κ1) is 11.1. The zero-order valence-corrected chi connectivity index (χ0v) is 8.59. The molecule has 0 radical (unpaired) electrons. The van der Waals surface area contributed by atoms with Crippen molar-refractivity contribution in [1.29, 1.82) is 0 Å². The normalized spacial score (nSPS) is 18.5. The number of aliphatic hydroxyl groups excluding tert-OH is 1. The van der Waals surface area contributed by atoms with Crippen molar-refractivity contribution in [2.45, 2.75) is 12.5 Å². The Morgan fingerprint density at radius 2 is 2.21 bits per heavy atom. The Hall–Kier alpha value is -0.930. The number of benzene rings is 1. The third-order valence-corrected chi connectivity index (χ3v) is 2.15. The lowest BCUT2D eigenvalue weighted by Gasteiger charge is -2.26. The molecule has 2 N–H and O–H groups in total. The molecule has 0 fully saturated rings. The number of aliphatic hydroxyl groups is 1. The molecule has 1 aromatic rings. The van der Waals surface area contributed by atoms with Crippen molar-refractivity contribution < 1.29 is 9.84 Å². The van der Waals surface area contributed by atoms with Crippen LogP contribution in [0.15, 0.2) is 24.3 Å². The van der Waals surface area contributed by atoms with Crippen molar-refractivity contribution in [3.05, 3.63) is 24.3 Å². The van der Waals surface area contributed by atoms with Crippen molar-refractivity contribution in [2.24, 2.45) is 0 Å². The summed E-state index contributed by atoms with van der Waals surface area (Å²) in [5, 5.41) is 12.0. The minimum atomic E-state index is 0. The molecule has 0 aromatic heterocycles. The standard InChI is InChI=1S/C10H13NO2.ClH/c12-6-5-8-7-11-9-3-1-2-4-10(9)13-8;/h1-4,8,11-12H,5-7H2;1H. The van der Waals surface area contributed by atoms with Gasteiger partial charge in [-0.2, -0.15) is 0 Å². The molecule has 1 aliphatic rings. The van der Waals surface area contributed by atoms with Crippen molar-refractivity contribution in [2.75, 3.05) is 18.5 Å². The molecule has 0 saturated heterocycles. The summed E-state index contributed by atoms with van der Waals surface area (Å²) < 4.78 is 5.65. The van der Waals surface area contributed by atoms with E-state index in [4.69, 9.17) is 9.84 Å². The summed E-state index contributed by atoms with van der Waals surface area (Å²) in [6.07, 6.45) is 0.779. The number of rotatable bonds is 2. The first-order valence-electron chi connectivity index (χ1n) is 4.50. The van der Waals surface area contributed by atoms with E-state index in [0.717, 1.165) is 18.0 Å². The van der Waals surface area contributed by atoms with Crippen LogP contribution in [0.25, 0.3) is 0 Å². The summed E-state index contributed by atoms with van der Waals surface area (Å²) in [5.74, 6) is 0.882. The second-order valence-electron chi connectivity index (χ2n) is 3.13. The van der Waals surface area contributed by atoms with Crippen LogP contribution in [0.5, 0.6) is 5.75 Å². The van der Waals surface area contributed by atoms with Gasteiger partial charge in [0.2, 0.25) is 0 Å². The molecule has 1 unspecified atom stereocenters. The molecule has 0 saturated carbocycles. The third-order valence-electron chi connectivity index (χ3n) is 2.15. The fourth-order valence-electron chi connectivity index (χ4n) is 1.47. The smallest absolute Gasteiger partial charge is 0.142 e. The number of halogens is 1. The van der Waals surface area contributed by atoms with Gasteiger partial charge < -0.3 is 15.2 Å². The Labute approximate surface area is 89.5 Å². The molecular weight excluding hydrogens is 202 g/mol. The van der Waals surface area contributed by atoms with Crippen LogP contribution in [0.3, 0.4) is 0 Å². The number of fused-ring (bicyclic) bond motifs is 1. The SMILES string of the molecule is Cl.OCCC1CNc2ccccc2O1. The molecule has 4 heteroatoms. The molecule has 14 heavy (non-hydrogen) atoms. The Morgan fingerprint density at radius 1 is 1.43 bits per heavy atom. The summed E-state index contributed by atoms with van der Waals surface area (Å²) in [6, 6.07) is 7.85. The molecule has 78 valence electrons. The van der Waals surface area contributed by atoms with Gasteiger partial charge in [0.1, 0.15) is 11.9 Å². The quantitative estimate of drug-likeness (QED) is 0.789. The van der Waals surface area contributed by atoms with Gasteiger partial charge in [0.05, 0.1) is 12.2 Å². The molecule has 1 aromatic carbocycles. The van der Waals surface area contributed by atoms with Crippen LogP contribution in [0.1, 0.15) is 6.42 Å². The van der Waals surface area contributed by atoms with E-state index in [1.54, 1.807) is 0 Å². The molecule has 0 aliphatic carbocycles. The number of nitrogens with one attached hydrogen (secondary N) is 1. The van der Waals surface area contributed by atoms with E-state index in [-0.39, 0.29) is 25.1 Å². The van der Waals surface area contributed by atoms with Crippen LogP contribution < -0.4 is 10.1 Å². The van der Waals surface area contributed by atoms with Crippen molar-refractivity contribution >= 4 is 18.1 Å². The maximum atomic E-state index is 8.76. The van der Waals surface area contributed by atoms with E-state index in [1.807, 2.05) is 24.3 Å². The fraction of sp³-hybridized carbons (Fsp3) is 0.400. The summed E-state index contributed by atoms with van der Waals surface area (Å²) in [5.41, 5.74) is 1.04. The van der Waals surface area contributed by atoms with E-state index in [1.165, 1.54) is 0 Å². The van der Waals surface area contributed by atoms with Crippen LogP contribution in [0.4, 0.5) is 5.69 Å². The molecule has 0 bridgehead atoms. The van der Waals surface area contributed by atoms with E-state index >= 15 is 0 Å². The first-order chi connectivity index (χ1) is 6.40.